The van der Waals surface area contributed by atoms with Crippen molar-refractivity contribution in [3.8, 4) is 0 Å². The molecule has 130 valence electrons. The summed E-state index contributed by atoms with van der Waals surface area (Å²) in [6, 6.07) is 12.3. The monoisotopic (exact) mass is 354 g/mol. The van der Waals surface area contributed by atoms with Gasteiger partial charge in [-0.1, -0.05) is 42.1 Å². The van der Waals surface area contributed by atoms with Crippen LogP contribution in [0.5, 0.6) is 0 Å². The largest absolute Gasteiger partial charge is 0.344 e. The highest BCUT2D eigenvalue weighted by Crippen LogP contribution is 2.21. The number of thioether (sulfide) groups is 1. The lowest BCUT2D eigenvalue weighted by molar-refractivity contribution is 0.102. The topological polar surface area (TPSA) is 52.7 Å². The first-order valence-electron chi connectivity index (χ1n) is 8.34. The van der Waals surface area contributed by atoms with E-state index in [9.17, 15) is 4.79 Å². The van der Waals surface area contributed by atoms with Gasteiger partial charge in [-0.05, 0) is 32.4 Å². The van der Waals surface area contributed by atoms with Gasteiger partial charge in [0.05, 0.1) is 5.75 Å². The van der Waals surface area contributed by atoms with E-state index in [0.29, 0.717) is 5.75 Å². The first-order valence-corrected chi connectivity index (χ1v) is 9.33. The van der Waals surface area contributed by atoms with E-state index in [1.165, 1.54) is 17.3 Å². The molecule has 0 unspecified atom stereocenters. The Morgan fingerprint density at radius 2 is 1.96 bits per heavy atom. The summed E-state index contributed by atoms with van der Waals surface area (Å²) in [5.41, 5.74) is 4.15. The zero-order chi connectivity index (χ0) is 17.8. The Labute approximate surface area is 152 Å². The van der Waals surface area contributed by atoms with Crippen molar-refractivity contribution in [3.05, 3.63) is 65.2 Å². The molecule has 0 atom stereocenters. The third-order valence-corrected chi connectivity index (χ3v) is 5.29. The normalized spacial score (nSPS) is 11.0. The molecule has 0 aliphatic rings. The van der Waals surface area contributed by atoms with Crippen molar-refractivity contribution in [2.45, 2.75) is 39.0 Å². The van der Waals surface area contributed by atoms with Gasteiger partial charge in [-0.2, -0.15) is 0 Å². The minimum absolute atomic E-state index is 0.128. The van der Waals surface area contributed by atoms with Crippen molar-refractivity contribution in [2.24, 2.45) is 0 Å². The van der Waals surface area contributed by atoms with Gasteiger partial charge in [-0.3, -0.25) is 4.79 Å². The number of hydrogen-bond acceptors (Lipinski definition) is 4. The highest BCUT2D eigenvalue weighted by atomic mass is 32.2. The summed E-state index contributed by atoms with van der Waals surface area (Å²) < 4.78 is 4.14. The molecule has 0 aliphatic heterocycles. The Hall–Kier alpha value is -2.34. The second kappa shape index (κ2) is 7.70. The lowest BCUT2D eigenvalue weighted by atomic mass is 10.2. The van der Waals surface area contributed by atoms with Crippen molar-refractivity contribution >= 4 is 17.5 Å². The van der Waals surface area contributed by atoms with Crippen LogP contribution in [0.25, 0.3) is 0 Å². The number of aromatic nitrogens is 4. The number of ketones is 1. The van der Waals surface area contributed by atoms with Gasteiger partial charge in [0.1, 0.15) is 6.33 Å². The number of nitrogens with zero attached hydrogens (tertiary/aromatic N) is 4. The van der Waals surface area contributed by atoms with Crippen LogP contribution >= 0.6 is 11.8 Å². The fourth-order valence-corrected chi connectivity index (χ4v) is 3.74. The summed E-state index contributed by atoms with van der Waals surface area (Å²) in [7, 11) is 0. The van der Waals surface area contributed by atoms with Gasteiger partial charge < -0.3 is 9.13 Å². The van der Waals surface area contributed by atoms with Crippen LogP contribution < -0.4 is 0 Å². The average molecular weight is 354 g/mol. The van der Waals surface area contributed by atoms with Crippen LogP contribution in [0.3, 0.4) is 0 Å². The standard InChI is InChI=1S/C19H22N4OS/c1-4-22-13-20-21-19(22)25-12-18(24)17-10-14(2)23(15(17)3)11-16-8-6-5-7-9-16/h5-10,13H,4,11-12H2,1-3H3. The van der Waals surface area contributed by atoms with Crippen molar-refractivity contribution in [2.75, 3.05) is 5.75 Å². The predicted octanol–water partition coefficient (Wildman–Crippen LogP) is 3.74. The van der Waals surface area contributed by atoms with Crippen molar-refractivity contribution in [3.63, 3.8) is 0 Å². The van der Waals surface area contributed by atoms with Gasteiger partial charge in [-0.25, -0.2) is 0 Å². The van der Waals surface area contributed by atoms with Crippen molar-refractivity contribution in [1.82, 2.24) is 19.3 Å². The molecule has 0 aliphatic carbocycles. The van der Waals surface area contributed by atoms with Crippen LogP contribution in [0.1, 0.15) is 34.2 Å². The number of hydrogen-bond donors (Lipinski definition) is 0. The van der Waals surface area contributed by atoms with E-state index in [0.717, 1.165) is 35.2 Å². The molecule has 0 saturated heterocycles. The van der Waals surface area contributed by atoms with Gasteiger partial charge in [-0.15, -0.1) is 10.2 Å². The molecule has 0 N–H and O–H groups in total. The Kier molecular flexibility index (Phi) is 5.38. The molecular formula is C19H22N4OS. The van der Waals surface area contributed by atoms with Crippen molar-refractivity contribution in [1.29, 1.82) is 0 Å². The molecule has 2 aromatic heterocycles. The maximum Gasteiger partial charge on any atom is 0.191 e. The summed E-state index contributed by atoms with van der Waals surface area (Å²) in [5.74, 6) is 0.497. The molecule has 0 amide bonds. The second-order valence-electron chi connectivity index (χ2n) is 5.97. The van der Waals surface area contributed by atoms with Gasteiger partial charge in [0.25, 0.3) is 0 Å². The summed E-state index contributed by atoms with van der Waals surface area (Å²) in [6.45, 7) is 7.68. The van der Waals surface area contributed by atoms with E-state index in [-0.39, 0.29) is 5.78 Å². The minimum Gasteiger partial charge on any atom is -0.344 e. The van der Waals surface area contributed by atoms with E-state index in [1.807, 2.05) is 49.6 Å². The molecule has 5 nitrogen and oxygen atoms in total. The highest BCUT2D eigenvalue weighted by molar-refractivity contribution is 7.99. The lowest BCUT2D eigenvalue weighted by Gasteiger charge is -2.10. The molecule has 2 heterocycles. The van der Waals surface area contributed by atoms with Crippen LogP contribution in [0.4, 0.5) is 0 Å². The fourth-order valence-electron chi connectivity index (χ4n) is 2.87. The Balaban J connectivity index is 1.74. The number of benzene rings is 1. The Morgan fingerprint density at radius 1 is 1.20 bits per heavy atom. The van der Waals surface area contributed by atoms with Gasteiger partial charge >= 0.3 is 0 Å². The Morgan fingerprint density at radius 3 is 2.68 bits per heavy atom. The first kappa shape index (κ1) is 17.5. The smallest absolute Gasteiger partial charge is 0.191 e. The van der Waals surface area contributed by atoms with Crippen LogP contribution in [0.2, 0.25) is 0 Å². The number of rotatable bonds is 7. The Bertz CT molecular complexity index is 867. The summed E-state index contributed by atoms with van der Waals surface area (Å²) in [6.07, 6.45) is 1.69. The van der Waals surface area contributed by atoms with E-state index < -0.39 is 0 Å². The SMILES string of the molecule is CCn1cnnc1SCC(=O)c1cc(C)n(Cc2ccccc2)c1C. The number of carbonyl (C=O) groups is 1. The maximum absolute atomic E-state index is 12.7. The molecule has 0 bridgehead atoms. The molecule has 6 heteroatoms. The van der Waals surface area contributed by atoms with E-state index in [1.54, 1.807) is 6.33 Å². The molecule has 0 spiro atoms. The van der Waals surface area contributed by atoms with E-state index in [2.05, 4.69) is 26.9 Å². The van der Waals surface area contributed by atoms with E-state index >= 15 is 0 Å². The quantitative estimate of drug-likeness (QED) is 0.479. The molecule has 3 aromatic rings. The van der Waals surface area contributed by atoms with Crippen LogP contribution in [-0.2, 0) is 13.1 Å². The number of carbonyl (C=O) groups excluding carboxylic acids is 1. The second-order valence-corrected chi connectivity index (χ2v) is 6.91. The fraction of sp³-hybridized carbons (Fsp3) is 0.316. The molecular weight excluding hydrogens is 332 g/mol. The number of Topliss-reactive ketones (excluding diaryl/α,β-unsaturated/α-hetero) is 1. The minimum atomic E-state index is 0.128. The highest BCUT2D eigenvalue weighted by Gasteiger charge is 2.17. The first-order chi connectivity index (χ1) is 12.1. The van der Waals surface area contributed by atoms with Gasteiger partial charge in [0, 0.05) is 30.0 Å². The van der Waals surface area contributed by atoms with Crippen molar-refractivity contribution < 1.29 is 4.79 Å². The third kappa shape index (κ3) is 3.85. The van der Waals surface area contributed by atoms with Gasteiger partial charge in [0.2, 0.25) is 0 Å². The lowest BCUT2D eigenvalue weighted by Crippen LogP contribution is -2.08. The predicted molar refractivity (Wildman–Crippen MR) is 100 cm³/mol. The number of aryl methyl sites for hydroxylation is 2. The molecule has 3 rings (SSSR count). The zero-order valence-corrected chi connectivity index (χ0v) is 15.6. The molecule has 0 fully saturated rings. The molecule has 25 heavy (non-hydrogen) atoms. The summed E-state index contributed by atoms with van der Waals surface area (Å²) in [5, 5.41) is 8.76. The summed E-state index contributed by atoms with van der Waals surface area (Å²) in [4.78, 5) is 12.7. The average Bonchev–Trinajstić information content (AvgIpc) is 3.20. The van der Waals surface area contributed by atoms with Crippen LogP contribution in [0, 0.1) is 13.8 Å². The van der Waals surface area contributed by atoms with Gasteiger partial charge in [0.15, 0.2) is 10.9 Å². The summed E-state index contributed by atoms with van der Waals surface area (Å²) >= 11 is 1.44. The van der Waals surface area contributed by atoms with Crippen LogP contribution in [-0.4, -0.2) is 30.9 Å². The van der Waals surface area contributed by atoms with E-state index in [4.69, 9.17) is 0 Å². The van der Waals surface area contributed by atoms with Crippen LogP contribution in [0.15, 0.2) is 47.9 Å². The zero-order valence-electron chi connectivity index (χ0n) is 14.8. The molecule has 0 saturated carbocycles. The third-order valence-electron chi connectivity index (χ3n) is 4.31. The maximum atomic E-state index is 12.7. The molecule has 1 aromatic carbocycles. The molecule has 0 radical (unpaired) electrons.